The Morgan fingerprint density at radius 3 is 2.62 bits per heavy atom. The molecule has 1 unspecified atom stereocenters. The number of phenols is 1. The first-order valence-electron chi connectivity index (χ1n) is 6.52. The molecule has 0 aliphatic rings. The number of nitrogens with zero attached hydrogens (tertiary/aromatic N) is 1. The number of ketones is 1. The maximum Gasteiger partial charge on any atom is 0.203 e. The van der Waals surface area contributed by atoms with Crippen molar-refractivity contribution >= 4 is 34.6 Å². The number of carbonyl (C=O) groups excluding carboxylic acids is 2. The van der Waals surface area contributed by atoms with Crippen molar-refractivity contribution in [1.82, 2.24) is 4.98 Å². The van der Waals surface area contributed by atoms with Crippen molar-refractivity contribution in [2.45, 2.75) is 26.7 Å². The van der Waals surface area contributed by atoms with E-state index in [4.69, 9.17) is 11.6 Å². The standard InChI is InChI=1S/C16H16ClNO3/c1-16(2,3)15(14(21)8-19)10-6-9-11(17)4-5-18-12(9)7-13(10)20/h4-8,15,20H,1-3H3. The monoisotopic (exact) mass is 305 g/mol. The summed E-state index contributed by atoms with van der Waals surface area (Å²) in [5, 5.41) is 11.3. The van der Waals surface area contributed by atoms with Crippen LogP contribution >= 0.6 is 11.6 Å². The second-order valence-electron chi connectivity index (χ2n) is 6.04. The minimum Gasteiger partial charge on any atom is -0.508 e. The summed E-state index contributed by atoms with van der Waals surface area (Å²) in [6.07, 6.45) is 1.84. The fourth-order valence-electron chi connectivity index (χ4n) is 2.51. The number of phenolic OH excluding ortho intramolecular Hbond substituents is 1. The summed E-state index contributed by atoms with van der Waals surface area (Å²) in [5.74, 6) is -1.37. The van der Waals surface area contributed by atoms with E-state index in [1.54, 1.807) is 18.3 Å². The van der Waals surface area contributed by atoms with Crippen LogP contribution in [0.5, 0.6) is 5.75 Å². The number of aromatic hydroxyl groups is 1. The lowest BCUT2D eigenvalue weighted by Crippen LogP contribution is -2.27. The SMILES string of the molecule is CC(C)(C)C(C(=O)C=O)c1cc2c(Cl)ccnc2cc1O. The van der Waals surface area contributed by atoms with Crippen LogP contribution < -0.4 is 0 Å². The van der Waals surface area contributed by atoms with Crippen molar-refractivity contribution < 1.29 is 14.7 Å². The van der Waals surface area contributed by atoms with Crippen LogP contribution in [0.1, 0.15) is 32.3 Å². The molecule has 0 spiro atoms. The van der Waals surface area contributed by atoms with Gasteiger partial charge in [0.1, 0.15) is 5.75 Å². The molecule has 0 radical (unpaired) electrons. The van der Waals surface area contributed by atoms with Crippen LogP contribution in [0.2, 0.25) is 5.02 Å². The lowest BCUT2D eigenvalue weighted by atomic mass is 9.73. The molecule has 0 bridgehead atoms. The molecule has 0 saturated carbocycles. The van der Waals surface area contributed by atoms with Crippen molar-refractivity contribution in [1.29, 1.82) is 0 Å². The Morgan fingerprint density at radius 2 is 2.05 bits per heavy atom. The Bertz CT molecular complexity index is 719. The topological polar surface area (TPSA) is 67.3 Å². The Morgan fingerprint density at radius 1 is 1.38 bits per heavy atom. The van der Waals surface area contributed by atoms with Gasteiger partial charge < -0.3 is 5.11 Å². The van der Waals surface area contributed by atoms with Gasteiger partial charge in [0.25, 0.3) is 0 Å². The number of pyridine rings is 1. The van der Waals surface area contributed by atoms with Gasteiger partial charge in [0.15, 0.2) is 6.29 Å². The molecule has 4 nitrogen and oxygen atoms in total. The fourth-order valence-corrected chi connectivity index (χ4v) is 2.72. The van der Waals surface area contributed by atoms with Crippen LogP contribution in [0.15, 0.2) is 24.4 Å². The van der Waals surface area contributed by atoms with Gasteiger partial charge in [0.2, 0.25) is 5.78 Å². The van der Waals surface area contributed by atoms with Crippen LogP contribution in [0.3, 0.4) is 0 Å². The number of fused-ring (bicyclic) bond motifs is 1. The molecule has 1 aromatic carbocycles. The summed E-state index contributed by atoms with van der Waals surface area (Å²) >= 11 is 6.14. The van der Waals surface area contributed by atoms with Gasteiger partial charge >= 0.3 is 0 Å². The van der Waals surface area contributed by atoms with Gasteiger partial charge in [-0.25, -0.2) is 0 Å². The highest BCUT2D eigenvalue weighted by molar-refractivity contribution is 6.35. The quantitative estimate of drug-likeness (QED) is 0.696. The van der Waals surface area contributed by atoms with E-state index in [-0.39, 0.29) is 5.75 Å². The number of carbonyl (C=O) groups is 2. The summed E-state index contributed by atoms with van der Waals surface area (Å²) in [4.78, 5) is 27.1. The number of Topliss-reactive ketones (excluding diaryl/α,β-unsaturated/α-hetero) is 1. The van der Waals surface area contributed by atoms with E-state index in [0.717, 1.165) is 0 Å². The maximum absolute atomic E-state index is 12.0. The molecule has 0 aliphatic carbocycles. The molecule has 2 aromatic rings. The van der Waals surface area contributed by atoms with Gasteiger partial charge in [-0.05, 0) is 17.5 Å². The molecule has 0 fully saturated rings. The van der Waals surface area contributed by atoms with Gasteiger partial charge in [0.05, 0.1) is 16.5 Å². The van der Waals surface area contributed by atoms with Gasteiger partial charge in [-0.3, -0.25) is 14.6 Å². The number of hydrogen-bond donors (Lipinski definition) is 1. The lowest BCUT2D eigenvalue weighted by Gasteiger charge is -2.29. The van der Waals surface area contributed by atoms with E-state index >= 15 is 0 Å². The minimum atomic E-state index is -0.740. The first-order valence-corrected chi connectivity index (χ1v) is 6.89. The number of aromatic nitrogens is 1. The van der Waals surface area contributed by atoms with Crippen molar-refractivity contribution in [3.8, 4) is 5.75 Å². The maximum atomic E-state index is 12.0. The zero-order valence-corrected chi connectivity index (χ0v) is 12.8. The summed E-state index contributed by atoms with van der Waals surface area (Å²) < 4.78 is 0. The molecule has 1 heterocycles. The van der Waals surface area contributed by atoms with Crippen LogP contribution in [0, 0.1) is 5.41 Å². The first-order chi connectivity index (χ1) is 9.75. The molecule has 1 atom stereocenters. The third kappa shape index (κ3) is 2.90. The summed E-state index contributed by atoms with van der Waals surface area (Å²) in [6, 6.07) is 4.74. The molecule has 5 heteroatoms. The van der Waals surface area contributed by atoms with Crippen LogP contribution in [-0.2, 0) is 9.59 Å². The third-order valence-electron chi connectivity index (χ3n) is 3.41. The average molecular weight is 306 g/mol. The van der Waals surface area contributed by atoms with Crippen LogP contribution in [0.25, 0.3) is 10.9 Å². The molecule has 0 aliphatic heterocycles. The number of aldehydes is 1. The summed E-state index contributed by atoms with van der Waals surface area (Å²) in [5.41, 5.74) is 0.412. The number of rotatable bonds is 3. The van der Waals surface area contributed by atoms with Gasteiger partial charge in [-0.1, -0.05) is 32.4 Å². The summed E-state index contributed by atoms with van der Waals surface area (Å²) in [7, 11) is 0. The number of halogens is 1. The van der Waals surface area contributed by atoms with E-state index in [1.165, 1.54) is 6.07 Å². The van der Waals surface area contributed by atoms with E-state index in [0.29, 0.717) is 27.8 Å². The van der Waals surface area contributed by atoms with Gasteiger partial charge in [0, 0.05) is 23.2 Å². The van der Waals surface area contributed by atoms with Crippen molar-refractivity contribution in [2.75, 3.05) is 0 Å². The van der Waals surface area contributed by atoms with Gasteiger partial charge in [-0.2, -0.15) is 0 Å². The van der Waals surface area contributed by atoms with E-state index in [2.05, 4.69) is 4.98 Å². The van der Waals surface area contributed by atoms with E-state index in [1.807, 2.05) is 20.8 Å². The van der Waals surface area contributed by atoms with E-state index in [9.17, 15) is 14.7 Å². The van der Waals surface area contributed by atoms with E-state index < -0.39 is 17.1 Å². The molecule has 110 valence electrons. The minimum absolute atomic E-state index is 0.0626. The third-order valence-corrected chi connectivity index (χ3v) is 3.74. The zero-order chi connectivity index (χ0) is 15.8. The smallest absolute Gasteiger partial charge is 0.203 e. The Balaban J connectivity index is 2.74. The van der Waals surface area contributed by atoms with Crippen molar-refractivity contribution in [3.05, 3.63) is 35.0 Å². The summed E-state index contributed by atoms with van der Waals surface area (Å²) in [6.45, 7) is 5.52. The molecule has 1 N–H and O–H groups in total. The predicted molar refractivity (Wildman–Crippen MR) is 81.7 cm³/mol. The second-order valence-corrected chi connectivity index (χ2v) is 6.45. The Kier molecular flexibility index (Phi) is 4.01. The predicted octanol–water partition coefficient (Wildman–Crippen LogP) is 3.49. The molecule has 21 heavy (non-hydrogen) atoms. The van der Waals surface area contributed by atoms with Crippen molar-refractivity contribution in [2.24, 2.45) is 5.41 Å². The highest BCUT2D eigenvalue weighted by Crippen LogP contribution is 2.41. The van der Waals surface area contributed by atoms with Crippen molar-refractivity contribution in [3.63, 3.8) is 0 Å². The normalized spacial score (nSPS) is 13.1. The molecular formula is C16H16ClNO3. The molecular weight excluding hydrogens is 290 g/mol. The molecule has 0 saturated heterocycles. The number of benzene rings is 1. The van der Waals surface area contributed by atoms with Crippen LogP contribution in [0.4, 0.5) is 0 Å². The largest absolute Gasteiger partial charge is 0.508 e. The molecule has 0 amide bonds. The Labute approximate surface area is 127 Å². The fraction of sp³-hybridized carbons (Fsp3) is 0.312. The zero-order valence-electron chi connectivity index (χ0n) is 12.1. The highest BCUT2D eigenvalue weighted by Gasteiger charge is 2.34. The van der Waals surface area contributed by atoms with Crippen LogP contribution in [-0.4, -0.2) is 22.2 Å². The lowest BCUT2D eigenvalue weighted by molar-refractivity contribution is -0.132. The molecule has 2 rings (SSSR count). The number of hydrogen-bond acceptors (Lipinski definition) is 4. The first kappa shape index (κ1) is 15.4. The average Bonchev–Trinajstić information content (AvgIpc) is 2.38. The molecule has 1 aromatic heterocycles. The highest BCUT2D eigenvalue weighted by atomic mass is 35.5. The van der Waals surface area contributed by atoms with Gasteiger partial charge in [-0.15, -0.1) is 0 Å². The second kappa shape index (κ2) is 5.45. The Hall–Kier alpha value is -1.94.